The van der Waals surface area contributed by atoms with E-state index in [0.29, 0.717) is 4.90 Å². The van der Waals surface area contributed by atoms with Gasteiger partial charge in [0.1, 0.15) is 16.6 Å². The Hall–Kier alpha value is -1.93. The van der Waals surface area contributed by atoms with E-state index in [9.17, 15) is 13.8 Å². The van der Waals surface area contributed by atoms with Gasteiger partial charge in [-0.2, -0.15) is 0 Å². The maximum atomic E-state index is 12.7. The molecule has 0 heterocycles. The summed E-state index contributed by atoms with van der Waals surface area (Å²) >= 11 is 0. The minimum Gasteiger partial charge on any atom is -0.465 e. The number of rotatable bonds is 6. The number of ether oxygens (including phenoxy) is 2. The number of amides is 1. The third-order valence-corrected chi connectivity index (χ3v) is 4.83. The fourth-order valence-corrected chi connectivity index (χ4v) is 3.19. The SMILES string of the molecule is COC(=O)c1ccccc1S(=O)NC[C@@H](NC(=O)OC(C)(C)C)C(C)(C)C. The molecule has 1 rings (SSSR count). The Labute approximate surface area is 163 Å². The van der Waals surface area contributed by atoms with E-state index in [4.69, 9.17) is 9.47 Å². The number of methoxy groups -OCH3 is 1. The van der Waals surface area contributed by atoms with Gasteiger partial charge in [-0.3, -0.25) is 0 Å². The molecule has 0 saturated carbocycles. The number of carbonyl (C=O) groups excluding carboxylic acids is 2. The van der Waals surface area contributed by atoms with Crippen LogP contribution in [0.15, 0.2) is 29.2 Å². The molecule has 7 nitrogen and oxygen atoms in total. The number of alkyl carbamates (subject to hydrolysis) is 1. The summed E-state index contributed by atoms with van der Waals surface area (Å²) in [6.07, 6.45) is -0.537. The van der Waals surface area contributed by atoms with Gasteiger partial charge in [0.25, 0.3) is 0 Å². The highest BCUT2D eigenvalue weighted by atomic mass is 32.2. The number of nitrogens with one attached hydrogen (secondary N) is 2. The third-order valence-electron chi connectivity index (χ3n) is 3.65. The number of hydrogen-bond donors (Lipinski definition) is 2. The van der Waals surface area contributed by atoms with Gasteiger partial charge in [-0.15, -0.1) is 0 Å². The molecule has 0 radical (unpaired) electrons. The molecule has 0 spiro atoms. The van der Waals surface area contributed by atoms with E-state index in [1.54, 1.807) is 45.0 Å². The molecule has 0 aliphatic rings. The number of esters is 1. The predicted octanol–water partition coefficient (Wildman–Crippen LogP) is 3.02. The van der Waals surface area contributed by atoms with Crippen LogP contribution in [-0.2, 0) is 20.5 Å². The summed E-state index contributed by atoms with van der Waals surface area (Å²) in [6.45, 7) is 11.5. The fourth-order valence-electron chi connectivity index (χ4n) is 2.17. The molecule has 1 aromatic carbocycles. The summed E-state index contributed by atoms with van der Waals surface area (Å²) < 4.78 is 25.6. The molecule has 27 heavy (non-hydrogen) atoms. The van der Waals surface area contributed by atoms with Crippen LogP contribution >= 0.6 is 0 Å². The number of carbonyl (C=O) groups is 2. The molecule has 0 aliphatic carbocycles. The molecule has 1 aromatic rings. The van der Waals surface area contributed by atoms with Crippen LogP contribution in [-0.4, -0.2) is 41.6 Å². The van der Waals surface area contributed by atoms with Crippen molar-refractivity contribution in [3.63, 3.8) is 0 Å². The highest BCUT2D eigenvalue weighted by molar-refractivity contribution is 7.83. The average molecular weight is 399 g/mol. The van der Waals surface area contributed by atoms with Crippen molar-refractivity contribution in [3.8, 4) is 0 Å². The summed E-state index contributed by atoms with van der Waals surface area (Å²) in [5.74, 6) is -0.556. The summed E-state index contributed by atoms with van der Waals surface area (Å²) in [5, 5.41) is 2.82. The molecule has 0 aromatic heterocycles. The van der Waals surface area contributed by atoms with E-state index in [0.717, 1.165) is 0 Å². The van der Waals surface area contributed by atoms with Crippen molar-refractivity contribution in [3.05, 3.63) is 29.8 Å². The molecule has 0 aliphatic heterocycles. The highest BCUT2D eigenvalue weighted by Crippen LogP contribution is 2.20. The Bertz CT molecular complexity index is 692. The molecule has 8 heteroatoms. The maximum Gasteiger partial charge on any atom is 0.407 e. The standard InChI is InChI=1S/C19H30N2O5S/c1-18(2,3)15(21-17(23)26-19(4,5)6)12-20-27(24)14-11-9-8-10-13(14)16(22)25-7/h8-11,15,20H,12H2,1-7H3,(H,21,23)/t15-,27?/m1/s1. The van der Waals surface area contributed by atoms with Crippen molar-refractivity contribution in [2.75, 3.05) is 13.7 Å². The van der Waals surface area contributed by atoms with Crippen molar-refractivity contribution < 1.29 is 23.3 Å². The Balaban J connectivity index is 2.86. The number of benzene rings is 1. The van der Waals surface area contributed by atoms with Crippen LogP contribution < -0.4 is 10.0 Å². The van der Waals surface area contributed by atoms with Gasteiger partial charge in [0.2, 0.25) is 0 Å². The quantitative estimate of drug-likeness (QED) is 0.719. The van der Waals surface area contributed by atoms with Crippen LogP contribution in [0, 0.1) is 5.41 Å². The lowest BCUT2D eigenvalue weighted by atomic mass is 9.87. The van der Waals surface area contributed by atoms with Crippen molar-refractivity contribution >= 4 is 23.0 Å². The van der Waals surface area contributed by atoms with Gasteiger partial charge in [0, 0.05) is 6.54 Å². The molecule has 2 atom stereocenters. The third kappa shape index (κ3) is 7.68. The van der Waals surface area contributed by atoms with Crippen LogP contribution in [0.4, 0.5) is 4.79 Å². The summed E-state index contributed by atoms with van der Waals surface area (Å²) in [7, 11) is -0.376. The monoisotopic (exact) mass is 398 g/mol. The zero-order valence-electron chi connectivity index (χ0n) is 17.0. The van der Waals surface area contributed by atoms with Gasteiger partial charge in [0.15, 0.2) is 0 Å². The summed E-state index contributed by atoms with van der Waals surface area (Å²) in [6, 6.07) is 6.18. The largest absolute Gasteiger partial charge is 0.465 e. The summed E-state index contributed by atoms with van der Waals surface area (Å²) in [4.78, 5) is 24.3. The highest BCUT2D eigenvalue weighted by Gasteiger charge is 2.29. The first-order valence-corrected chi connectivity index (χ1v) is 9.82. The Kier molecular flexibility index (Phi) is 7.98. The molecular formula is C19H30N2O5S. The maximum absolute atomic E-state index is 12.7. The number of hydrogen-bond acceptors (Lipinski definition) is 5. The molecule has 1 unspecified atom stereocenters. The van der Waals surface area contributed by atoms with Gasteiger partial charge >= 0.3 is 12.1 Å². The van der Waals surface area contributed by atoms with Crippen LogP contribution in [0.25, 0.3) is 0 Å². The van der Waals surface area contributed by atoms with Crippen molar-refractivity contribution in [2.24, 2.45) is 5.41 Å². The van der Waals surface area contributed by atoms with Gasteiger partial charge in [0.05, 0.1) is 23.6 Å². The second-order valence-electron chi connectivity index (χ2n) is 8.17. The summed E-state index contributed by atoms with van der Waals surface area (Å²) in [5.41, 5.74) is -0.684. The van der Waals surface area contributed by atoms with Gasteiger partial charge in [-0.05, 0) is 38.3 Å². The minimum absolute atomic E-state index is 0.227. The van der Waals surface area contributed by atoms with Crippen LogP contribution in [0.5, 0.6) is 0 Å². The first kappa shape index (κ1) is 23.1. The van der Waals surface area contributed by atoms with E-state index in [-0.39, 0.29) is 23.6 Å². The van der Waals surface area contributed by atoms with E-state index >= 15 is 0 Å². The van der Waals surface area contributed by atoms with Gasteiger partial charge in [-0.25, -0.2) is 18.5 Å². The normalized spacial score (nSPS) is 14.2. The van der Waals surface area contributed by atoms with E-state index in [1.165, 1.54) is 7.11 Å². The van der Waals surface area contributed by atoms with Gasteiger partial charge < -0.3 is 14.8 Å². The molecule has 0 saturated heterocycles. The molecule has 0 bridgehead atoms. The second kappa shape index (κ2) is 9.32. The first-order chi connectivity index (χ1) is 12.3. The molecular weight excluding hydrogens is 368 g/mol. The van der Waals surface area contributed by atoms with Crippen LogP contribution in [0.3, 0.4) is 0 Å². The van der Waals surface area contributed by atoms with Gasteiger partial charge in [-0.1, -0.05) is 32.9 Å². The minimum atomic E-state index is -1.65. The smallest absolute Gasteiger partial charge is 0.407 e. The van der Waals surface area contributed by atoms with Crippen molar-refractivity contribution in [1.82, 2.24) is 10.0 Å². The Morgan fingerprint density at radius 2 is 1.70 bits per heavy atom. The second-order valence-corrected chi connectivity index (χ2v) is 9.44. The fraction of sp³-hybridized carbons (Fsp3) is 0.579. The Morgan fingerprint density at radius 3 is 2.22 bits per heavy atom. The molecule has 2 N–H and O–H groups in total. The predicted molar refractivity (Wildman–Crippen MR) is 105 cm³/mol. The molecule has 152 valence electrons. The van der Waals surface area contributed by atoms with Crippen LogP contribution in [0.2, 0.25) is 0 Å². The lowest BCUT2D eigenvalue weighted by Gasteiger charge is -2.32. The lowest BCUT2D eigenvalue weighted by molar-refractivity contribution is 0.0465. The van der Waals surface area contributed by atoms with Crippen molar-refractivity contribution in [2.45, 2.75) is 58.1 Å². The van der Waals surface area contributed by atoms with E-state index in [1.807, 2.05) is 20.8 Å². The van der Waals surface area contributed by atoms with E-state index in [2.05, 4.69) is 10.0 Å². The van der Waals surface area contributed by atoms with Crippen LogP contribution in [0.1, 0.15) is 51.9 Å². The molecule has 1 amide bonds. The topological polar surface area (TPSA) is 93.7 Å². The lowest BCUT2D eigenvalue weighted by Crippen LogP contribution is -2.51. The zero-order valence-corrected chi connectivity index (χ0v) is 17.9. The Morgan fingerprint density at radius 1 is 1.11 bits per heavy atom. The van der Waals surface area contributed by atoms with Crippen molar-refractivity contribution in [1.29, 1.82) is 0 Å². The zero-order chi connectivity index (χ0) is 20.8. The van der Waals surface area contributed by atoms with E-state index < -0.39 is 28.6 Å². The molecule has 0 fully saturated rings. The average Bonchev–Trinajstić information content (AvgIpc) is 2.54. The first-order valence-electron chi connectivity index (χ1n) is 8.67.